The minimum Gasteiger partial charge on any atom is -0.355 e. The van der Waals surface area contributed by atoms with Crippen LogP contribution in [-0.2, 0) is 19.6 Å². The molecule has 1 aromatic carbocycles. The number of hydrogen-bond donors (Lipinski definition) is 1. The van der Waals surface area contributed by atoms with E-state index in [0.717, 1.165) is 24.5 Å². The molecule has 0 aliphatic heterocycles. The number of pyridine rings is 1. The zero-order valence-corrected chi connectivity index (χ0v) is 15.1. The Bertz CT molecular complexity index is 859. The molecular weight excluding hydrogens is 326 g/mol. The summed E-state index contributed by atoms with van der Waals surface area (Å²) in [6.07, 6.45) is 5.11. The molecule has 0 spiro atoms. The van der Waals surface area contributed by atoms with Crippen LogP contribution in [0.2, 0.25) is 0 Å². The van der Waals surface area contributed by atoms with Crippen molar-refractivity contribution in [2.45, 2.75) is 26.6 Å². The molecule has 0 fully saturated rings. The highest BCUT2D eigenvalue weighted by Crippen LogP contribution is 2.18. The fourth-order valence-corrected chi connectivity index (χ4v) is 2.78. The number of hydrogen-bond acceptors (Lipinski definition) is 4. The summed E-state index contributed by atoms with van der Waals surface area (Å²) in [4.78, 5) is 18.9. The number of aromatic nitrogens is 3. The second-order valence-corrected chi connectivity index (χ2v) is 6.10. The zero-order chi connectivity index (χ0) is 18.4. The van der Waals surface area contributed by atoms with Gasteiger partial charge < -0.3 is 10.2 Å². The molecule has 1 N–H and O–H groups in total. The van der Waals surface area contributed by atoms with Crippen molar-refractivity contribution >= 4 is 11.7 Å². The van der Waals surface area contributed by atoms with Crippen molar-refractivity contribution in [3.63, 3.8) is 0 Å². The molecule has 26 heavy (non-hydrogen) atoms. The lowest BCUT2D eigenvalue weighted by Crippen LogP contribution is -2.25. The van der Waals surface area contributed by atoms with E-state index < -0.39 is 0 Å². The molecule has 0 saturated heterocycles. The van der Waals surface area contributed by atoms with E-state index in [1.54, 1.807) is 23.3 Å². The molecule has 2 aromatic heterocycles. The highest BCUT2D eigenvalue weighted by Gasteiger charge is 2.12. The topological polar surface area (TPSA) is 63.1 Å². The third-order valence-electron chi connectivity index (χ3n) is 4.15. The van der Waals surface area contributed by atoms with E-state index in [9.17, 15) is 4.79 Å². The van der Waals surface area contributed by atoms with Crippen molar-refractivity contribution in [1.29, 1.82) is 0 Å². The molecule has 134 valence electrons. The van der Waals surface area contributed by atoms with Crippen molar-refractivity contribution in [1.82, 2.24) is 20.1 Å². The molecule has 0 bridgehead atoms. The van der Waals surface area contributed by atoms with Gasteiger partial charge in [-0.15, -0.1) is 0 Å². The van der Waals surface area contributed by atoms with Crippen molar-refractivity contribution < 1.29 is 4.79 Å². The Hall–Kier alpha value is -3.15. The number of nitrogens with one attached hydrogen (secondary N) is 1. The maximum atomic E-state index is 12.3. The predicted molar refractivity (Wildman–Crippen MR) is 102 cm³/mol. The molecule has 0 atom stereocenters. The Labute approximate surface area is 153 Å². The Balaban J connectivity index is 1.67. The van der Waals surface area contributed by atoms with Crippen LogP contribution in [0.25, 0.3) is 0 Å². The third kappa shape index (κ3) is 4.27. The van der Waals surface area contributed by atoms with Gasteiger partial charge in [-0.05, 0) is 18.6 Å². The molecule has 0 saturated carbocycles. The number of carbonyl (C=O) groups is 1. The van der Waals surface area contributed by atoms with Gasteiger partial charge in [0.05, 0.1) is 11.8 Å². The van der Waals surface area contributed by atoms with Crippen molar-refractivity contribution in [3.05, 3.63) is 77.7 Å². The summed E-state index contributed by atoms with van der Waals surface area (Å²) >= 11 is 0. The largest absolute Gasteiger partial charge is 0.355 e. The number of rotatable bonds is 7. The first-order valence-corrected chi connectivity index (χ1v) is 8.67. The maximum absolute atomic E-state index is 12.3. The highest BCUT2D eigenvalue weighted by molar-refractivity contribution is 5.93. The molecule has 0 aliphatic carbocycles. The number of nitrogens with zero attached hydrogens (tertiary/aromatic N) is 4. The first-order valence-electron chi connectivity index (χ1n) is 8.67. The van der Waals surface area contributed by atoms with Gasteiger partial charge in [-0.1, -0.05) is 36.4 Å². The normalized spacial score (nSPS) is 10.5. The Kier molecular flexibility index (Phi) is 5.63. The van der Waals surface area contributed by atoms with Gasteiger partial charge >= 0.3 is 0 Å². The average Bonchev–Trinajstić information content (AvgIpc) is 3.16. The van der Waals surface area contributed by atoms with Crippen LogP contribution in [0.3, 0.4) is 0 Å². The lowest BCUT2D eigenvalue weighted by molar-refractivity contribution is 0.0951. The van der Waals surface area contributed by atoms with Gasteiger partial charge in [0.2, 0.25) is 0 Å². The summed E-state index contributed by atoms with van der Waals surface area (Å²) < 4.78 is 1.73. The zero-order valence-electron chi connectivity index (χ0n) is 15.1. The van der Waals surface area contributed by atoms with E-state index in [2.05, 4.69) is 32.4 Å². The average molecular weight is 349 g/mol. The van der Waals surface area contributed by atoms with E-state index in [1.807, 2.05) is 44.3 Å². The van der Waals surface area contributed by atoms with E-state index in [0.29, 0.717) is 12.1 Å². The SMILES string of the molecule is CCn1cc(C(=O)NCc2cccnc2N(C)Cc2ccccc2)cn1. The number of carbonyl (C=O) groups excluding carboxylic acids is 1. The minimum atomic E-state index is -0.134. The fraction of sp³-hybridized carbons (Fsp3) is 0.250. The van der Waals surface area contributed by atoms with Gasteiger partial charge in [-0.2, -0.15) is 5.10 Å². The van der Waals surface area contributed by atoms with Crippen molar-refractivity contribution in [2.75, 3.05) is 11.9 Å². The van der Waals surface area contributed by atoms with Gasteiger partial charge in [0.25, 0.3) is 5.91 Å². The van der Waals surface area contributed by atoms with Gasteiger partial charge in [-0.3, -0.25) is 9.48 Å². The van der Waals surface area contributed by atoms with Crippen LogP contribution in [0, 0.1) is 0 Å². The summed E-state index contributed by atoms with van der Waals surface area (Å²) in [5.41, 5.74) is 2.75. The Morgan fingerprint density at radius 2 is 2.00 bits per heavy atom. The van der Waals surface area contributed by atoms with Crippen molar-refractivity contribution in [2.24, 2.45) is 0 Å². The smallest absolute Gasteiger partial charge is 0.254 e. The molecule has 1 amide bonds. The molecule has 6 heteroatoms. The first kappa shape index (κ1) is 17.7. The Morgan fingerprint density at radius 3 is 2.73 bits per heavy atom. The van der Waals surface area contributed by atoms with Gasteiger partial charge in [0, 0.05) is 44.6 Å². The van der Waals surface area contributed by atoms with Crippen LogP contribution in [-0.4, -0.2) is 27.7 Å². The molecule has 0 aliphatic rings. The minimum absolute atomic E-state index is 0.134. The van der Waals surface area contributed by atoms with Crippen LogP contribution >= 0.6 is 0 Å². The maximum Gasteiger partial charge on any atom is 0.254 e. The first-order chi connectivity index (χ1) is 12.7. The highest BCUT2D eigenvalue weighted by atomic mass is 16.1. The van der Waals surface area contributed by atoms with Crippen LogP contribution in [0.4, 0.5) is 5.82 Å². The molecule has 0 unspecified atom stereocenters. The standard InChI is InChI=1S/C20H23N5O/c1-3-25-15-18(13-23-25)20(26)22-12-17-10-7-11-21-19(17)24(2)14-16-8-5-4-6-9-16/h4-11,13,15H,3,12,14H2,1-2H3,(H,22,26). The van der Waals surface area contributed by atoms with Crippen LogP contribution in [0.15, 0.2) is 61.1 Å². The van der Waals surface area contributed by atoms with Crippen LogP contribution < -0.4 is 10.2 Å². The third-order valence-corrected chi connectivity index (χ3v) is 4.15. The van der Waals surface area contributed by atoms with E-state index >= 15 is 0 Å². The number of amides is 1. The van der Waals surface area contributed by atoms with Gasteiger partial charge in [-0.25, -0.2) is 4.98 Å². The number of anilines is 1. The summed E-state index contributed by atoms with van der Waals surface area (Å²) in [6.45, 7) is 3.89. The lowest BCUT2D eigenvalue weighted by Gasteiger charge is -2.21. The predicted octanol–water partition coefficient (Wildman–Crippen LogP) is 2.86. The van der Waals surface area contributed by atoms with Gasteiger partial charge in [0.15, 0.2) is 0 Å². The molecule has 2 heterocycles. The van der Waals surface area contributed by atoms with E-state index in [1.165, 1.54) is 5.56 Å². The van der Waals surface area contributed by atoms with Crippen molar-refractivity contribution in [3.8, 4) is 0 Å². The summed E-state index contributed by atoms with van der Waals surface area (Å²) in [6, 6.07) is 14.1. The second-order valence-electron chi connectivity index (χ2n) is 6.10. The van der Waals surface area contributed by atoms with Crippen LogP contribution in [0.5, 0.6) is 0 Å². The monoisotopic (exact) mass is 349 g/mol. The molecular formula is C20H23N5O. The second kappa shape index (κ2) is 8.29. The molecule has 0 radical (unpaired) electrons. The lowest BCUT2D eigenvalue weighted by atomic mass is 10.2. The summed E-state index contributed by atoms with van der Waals surface area (Å²) in [7, 11) is 2.01. The van der Waals surface area contributed by atoms with E-state index in [4.69, 9.17) is 0 Å². The molecule has 3 rings (SSSR count). The quantitative estimate of drug-likeness (QED) is 0.712. The summed E-state index contributed by atoms with van der Waals surface area (Å²) in [5.74, 6) is 0.728. The summed E-state index contributed by atoms with van der Waals surface area (Å²) in [5, 5.41) is 7.09. The van der Waals surface area contributed by atoms with Gasteiger partial charge in [0.1, 0.15) is 5.82 Å². The molecule has 3 aromatic rings. The van der Waals surface area contributed by atoms with Crippen LogP contribution in [0.1, 0.15) is 28.4 Å². The molecule has 6 nitrogen and oxygen atoms in total. The fourth-order valence-electron chi connectivity index (χ4n) is 2.78. The number of benzene rings is 1. The van der Waals surface area contributed by atoms with E-state index in [-0.39, 0.29) is 5.91 Å². The number of aryl methyl sites for hydroxylation is 1. The Morgan fingerprint density at radius 1 is 1.19 bits per heavy atom.